The van der Waals surface area contributed by atoms with Crippen LogP contribution in [0.1, 0.15) is 111 Å². The van der Waals surface area contributed by atoms with Crippen molar-refractivity contribution in [2.24, 2.45) is 0 Å². The first kappa shape index (κ1) is 39.6. The van der Waals surface area contributed by atoms with Crippen molar-refractivity contribution in [3.8, 4) is 0 Å². The molecule has 0 aliphatic carbocycles. The molecular formula is C25H50S. The van der Waals surface area contributed by atoms with Gasteiger partial charge in [0, 0.05) is 9.75 Å². The van der Waals surface area contributed by atoms with Gasteiger partial charge < -0.3 is 0 Å². The van der Waals surface area contributed by atoms with E-state index in [0.717, 1.165) is 16.0 Å². The second-order valence-corrected chi connectivity index (χ2v) is 3.85. The van der Waals surface area contributed by atoms with Crippen LogP contribution in [0.2, 0.25) is 0 Å². The molecule has 1 heterocycles. The molecule has 0 radical (unpaired) electrons. The van der Waals surface area contributed by atoms with Gasteiger partial charge in [-0.1, -0.05) is 127 Å². The molecule has 0 amide bonds. The molecule has 0 N–H and O–H groups in total. The third kappa shape index (κ3) is 19.0. The molecule has 1 rings (SSSR count). The van der Waals surface area contributed by atoms with Crippen LogP contribution in [0.15, 0.2) is 25.8 Å². The van der Waals surface area contributed by atoms with Crippen molar-refractivity contribution < 1.29 is 0 Å². The standard InChI is InChI=1S/C13H14S.6C2H6/c1-5-9-13-11(7-3)10(6-2)12(8-4)14-13;6*1-2/h5-9H,2-4H2,1H3;6*1-2H3/b9-5-;;;;;;. The van der Waals surface area contributed by atoms with Crippen LogP contribution in [-0.4, -0.2) is 0 Å². The van der Waals surface area contributed by atoms with E-state index in [1.54, 1.807) is 11.3 Å². The predicted molar refractivity (Wildman–Crippen MR) is 137 cm³/mol. The summed E-state index contributed by atoms with van der Waals surface area (Å²) in [5.74, 6) is 0. The third-order valence-electron chi connectivity index (χ3n) is 1.95. The molecule has 0 unspecified atom stereocenters. The van der Waals surface area contributed by atoms with Gasteiger partial charge in [0.15, 0.2) is 0 Å². The highest BCUT2D eigenvalue weighted by molar-refractivity contribution is 7.14. The Morgan fingerprint density at radius 3 is 1.08 bits per heavy atom. The molecule has 0 aromatic carbocycles. The normalized spacial score (nSPS) is 6.96. The summed E-state index contributed by atoms with van der Waals surface area (Å²) >= 11 is 1.71. The van der Waals surface area contributed by atoms with Gasteiger partial charge in [-0.05, 0) is 24.1 Å². The fraction of sp³-hybridized carbons (Fsp3) is 0.520. The Bertz CT molecular complexity index is 393. The number of rotatable bonds is 4. The lowest BCUT2D eigenvalue weighted by Crippen LogP contribution is -1.76. The monoisotopic (exact) mass is 382 g/mol. The Morgan fingerprint density at radius 1 is 0.538 bits per heavy atom. The molecule has 0 atom stereocenters. The summed E-state index contributed by atoms with van der Waals surface area (Å²) < 4.78 is 0. The van der Waals surface area contributed by atoms with E-state index >= 15 is 0 Å². The van der Waals surface area contributed by atoms with Gasteiger partial charge in [0.05, 0.1) is 0 Å². The summed E-state index contributed by atoms with van der Waals surface area (Å²) in [7, 11) is 0. The highest BCUT2D eigenvalue weighted by atomic mass is 32.1. The van der Waals surface area contributed by atoms with Gasteiger partial charge in [-0.3, -0.25) is 0 Å². The summed E-state index contributed by atoms with van der Waals surface area (Å²) in [5.41, 5.74) is 2.28. The molecule has 0 aliphatic rings. The van der Waals surface area contributed by atoms with Gasteiger partial charge >= 0.3 is 0 Å². The van der Waals surface area contributed by atoms with Crippen LogP contribution in [-0.2, 0) is 0 Å². The number of hydrogen-bond acceptors (Lipinski definition) is 1. The number of thiophene rings is 1. The molecule has 26 heavy (non-hydrogen) atoms. The first-order valence-corrected chi connectivity index (χ1v) is 11.3. The lowest BCUT2D eigenvalue weighted by molar-refractivity contribution is 1.50. The molecule has 156 valence electrons. The maximum absolute atomic E-state index is 3.82. The SMILES string of the molecule is C=Cc1sc(/C=C\C)c(C=C)c1C=C.CC.CC.CC.CC.CC.CC. The molecule has 0 aliphatic heterocycles. The fourth-order valence-corrected chi connectivity index (χ4v) is 2.47. The second-order valence-electron chi connectivity index (χ2n) is 2.77. The van der Waals surface area contributed by atoms with Crippen LogP contribution in [0.25, 0.3) is 24.3 Å². The average Bonchev–Trinajstić information content (AvgIpc) is 3.13. The van der Waals surface area contributed by atoms with E-state index in [-0.39, 0.29) is 0 Å². The first-order chi connectivity index (χ1) is 12.8. The molecule has 0 fully saturated rings. The highest BCUT2D eigenvalue weighted by Gasteiger charge is 2.08. The second kappa shape index (κ2) is 43.8. The lowest BCUT2D eigenvalue weighted by Gasteiger charge is -1.94. The minimum Gasteiger partial charge on any atom is -0.135 e. The van der Waals surface area contributed by atoms with Crippen LogP contribution < -0.4 is 0 Å². The Labute approximate surface area is 172 Å². The molecule has 0 saturated heterocycles. The maximum Gasteiger partial charge on any atom is 0.0351 e. The minimum atomic E-state index is 1.13. The van der Waals surface area contributed by atoms with Gasteiger partial charge in [0.2, 0.25) is 0 Å². The topological polar surface area (TPSA) is 0 Å². The van der Waals surface area contributed by atoms with E-state index in [1.165, 1.54) is 4.88 Å². The van der Waals surface area contributed by atoms with Crippen LogP contribution >= 0.6 is 11.3 Å². The average molecular weight is 383 g/mol. The largest absolute Gasteiger partial charge is 0.135 e. The highest BCUT2D eigenvalue weighted by Crippen LogP contribution is 2.32. The molecule has 1 heteroatoms. The van der Waals surface area contributed by atoms with E-state index in [0.29, 0.717) is 0 Å². The van der Waals surface area contributed by atoms with Gasteiger partial charge in [-0.2, -0.15) is 0 Å². The number of allylic oxidation sites excluding steroid dienone is 1. The van der Waals surface area contributed by atoms with Crippen LogP contribution in [0.3, 0.4) is 0 Å². The molecule has 0 saturated carbocycles. The minimum absolute atomic E-state index is 1.13. The van der Waals surface area contributed by atoms with E-state index < -0.39 is 0 Å². The van der Waals surface area contributed by atoms with Crippen LogP contribution in [0, 0.1) is 0 Å². The quantitative estimate of drug-likeness (QED) is 0.485. The molecule has 0 bridgehead atoms. The molecule has 0 spiro atoms. The first-order valence-electron chi connectivity index (χ1n) is 10.4. The van der Waals surface area contributed by atoms with Crippen molar-refractivity contribution in [2.45, 2.75) is 90.0 Å². The molecular weight excluding hydrogens is 332 g/mol. The zero-order valence-corrected chi connectivity index (χ0v) is 21.2. The Kier molecular flexibility index (Phi) is 66.7. The maximum atomic E-state index is 3.82. The van der Waals surface area contributed by atoms with E-state index in [1.807, 2.05) is 114 Å². The fourth-order valence-electron chi connectivity index (χ4n) is 1.34. The molecule has 0 nitrogen and oxygen atoms in total. The van der Waals surface area contributed by atoms with Crippen LogP contribution in [0.4, 0.5) is 0 Å². The number of hydrogen-bond donors (Lipinski definition) is 0. The van der Waals surface area contributed by atoms with E-state index in [9.17, 15) is 0 Å². The van der Waals surface area contributed by atoms with Crippen molar-refractivity contribution in [1.29, 1.82) is 0 Å². The van der Waals surface area contributed by atoms with Crippen molar-refractivity contribution in [3.63, 3.8) is 0 Å². The van der Waals surface area contributed by atoms with Gasteiger partial charge in [-0.25, -0.2) is 0 Å². The van der Waals surface area contributed by atoms with Crippen molar-refractivity contribution in [3.05, 3.63) is 46.7 Å². The molecule has 1 aromatic heterocycles. The zero-order chi connectivity index (χ0) is 22.6. The van der Waals surface area contributed by atoms with Gasteiger partial charge in [0.25, 0.3) is 0 Å². The van der Waals surface area contributed by atoms with E-state index in [2.05, 4.69) is 25.8 Å². The summed E-state index contributed by atoms with van der Waals surface area (Å²) in [5, 5.41) is 0. The summed E-state index contributed by atoms with van der Waals surface area (Å²) in [4.78, 5) is 2.37. The zero-order valence-electron chi connectivity index (χ0n) is 20.4. The third-order valence-corrected chi connectivity index (χ3v) is 3.14. The summed E-state index contributed by atoms with van der Waals surface area (Å²) in [6.07, 6.45) is 9.70. The van der Waals surface area contributed by atoms with Gasteiger partial charge in [-0.15, -0.1) is 11.3 Å². The van der Waals surface area contributed by atoms with Gasteiger partial charge in [0.1, 0.15) is 0 Å². The van der Waals surface area contributed by atoms with Crippen molar-refractivity contribution >= 4 is 35.6 Å². The summed E-state index contributed by atoms with van der Waals surface area (Å²) in [6, 6.07) is 0. The Hall–Kier alpha value is -1.34. The predicted octanol–water partition coefficient (Wildman–Crippen LogP) is 10.9. The Morgan fingerprint density at radius 2 is 0.846 bits per heavy atom. The lowest BCUT2D eigenvalue weighted by atomic mass is 10.1. The smallest absolute Gasteiger partial charge is 0.0351 e. The van der Waals surface area contributed by atoms with Crippen LogP contribution in [0.5, 0.6) is 0 Å². The Balaban J connectivity index is -0.0000000708. The van der Waals surface area contributed by atoms with Crippen molar-refractivity contribution in [1.82, 2.24) is 0 Å². The van der Waals surface area contributed by atoms with E-state index in [4.69, 9.17) is 0 Å². The summed E-state index contributed by atoms with van der Waals surface area (Å²) in [6.45, 7) is 37.4. The van der Waals surface area contributed by atoms with Crippen molar-refractivity contribution in [2.75, 3.05) is 0 Å². The molecule has 1 aromatic rings.